The number of amides is 1. The van der Waals surface area contributed by atoms with Crippen LogP contribution in [0.1, 0.15) is 22.3 Å². The molecule has 0 spiro atoms. The first-order chi connectivity index (χ1) is 10.5. The van der Waals surface area contributed by atoms with E-state index in [4.69, 9.17) is 0 Å². The quantitative estimate of drug-likeness (QED) is 0.891. The van der Waals surface area contributed by atoms with E-state index in [1.54, 1.807) is 0 Å². The highest BCUT2D eigenvalue weighted by atomic mass is 32.2. The standard InChI is InChI=1S/C18H21NO2S/c1-14-8-9-15(2)17(10-14)12-22(21)13-18(20)19-11-16-6-4-3-5-7-16/h3-10H,11-13H2,1-2H3,(H,19,20). The van der Waals surface area contributed by atoms with Gasteiger partial charge < -0.3 is 5.32 Å². The molecular formula is C18H21NO2S. The summed E-state index contributed by atoms with van der Waals surface area (Å²) in [5.74, 6) is 0.291. The zero-order chi connectivity index (χ0) is 15.9. The van der Waals surface area contributed by atoms with Crippen LogP contribution < -0.4 is 5.32 Å². The largest absolute Gasteiger partial charge is 0.351 e. The number of carbonyl (C=O) groups is 1. The van der Waals surface area contributed by atoms with Gasteiger partial charge in [-0.05, 0) is 30.5 Å². The van der Waals surface area contributed by atoms with Crippen LogP contribution in [0.2, 0.25) is 0 Å². The zero-order valence-electron chi connectivity index (χ0n) is 13.0. The van der Waals surface area contributed by atoms with Crippen molar-refractivity contribution in [1.82, 2.24) is 5.32 Å². The Bertz CT molecular complexity index is 668. The predicted molar refractivity (Wildman–Crippen MR) is 90.9 cm³/mol. The van der Waals surface area contributed by atoms with E-state index in [0.717, 1.165) is 22.3 Å². The molecule has 22 heavy (non-hydrogen) atoms. The summed E-state index contributed by atoms with van der Waals surface area (Å²) in [6.45, 7) is 4.49. The molecule has 0 aliphatic rings. The summed E-state index contributed by atoms with van der Waals surface area (Å²) in [6, 6.07) is 15.8. The van der Waals surface area contributed by atoms with Gasteiger partial charge in [-0.1, -0.05) is 54.1 Å². The molecule has 0 aliphatic heterocycles. The number of carbonyl (C=O) groups excluding carboxylic acids is 1. The highest BCUT2D eigenvalue weighted by Crippen LogP contribution is 2.13. The molecule has 2 rings (SSSR count). The Morgan fingerprint density at radius 1 is 1.09 bits per heavy atom. The second kappa shape index (κ2) is 7.90. The summed E-state index contributed by atoms with van der Waals surface area (Å²) in [4.78, 5) is 11.9. The minimum absolute atomic E-state index is 0.0419. The van der Waals surface area contributed by atoms with Crippen molar-refractivity contribution >= 4 is 16.7 Å². The maximum absolute atomic E-state index is 12.1. The average Bonchev–Trinajstić information content (AvgIpc) is 2.50. The van der Waals surface area contributed by atoms with E-state index in [1.165, 1.54) is 0 Å². The number of nitrogens with one attached hydrogen (secondary N) is 1. The highest BCUT2D eigenvalue weighted by Gasteiger charge is 2.10. The molecule has 4 heteroatoms. The van der Waals surface area contributed by atoms with Gasteiger partial charge in [-0.25, -0.2) is 0 Å². The molecule has 1 atom stereocenters. The van der Waals surface area contributed by atoms with Crippen LogP contribution in [-0.2, 0) is 27.9 Å². The molecule has 3 nitrogen and oxygen atoms in total. The summed E-state index contributed by atoms with van der Waals surface area (Å²) in [5.41, 5.74) is 4.35. The van der Waals surface area contributed by atoms with Crippen molar-refractivity contribution in [3.63, 3.8) is 0 Å². The third kappa shape index (κ3) is 5.11. The summed E-state index contributed by atoms with van der Waals surface area (Å²) >= 11 is 0. The number of hydrogen-bond donors (Lipinski definition) is 1. The Kier molecular flexibility index (Phi) is 5.90. The molecular weight excluding hydrogens is 294 g/mol. The number of hydrogen-bond acceptors (Lipinski definition) is 2. The van der Waals surface area contributed by atoms with Gasteiger partial charge in [0.05, 0.1) is 0 Å². The van der Waals surface area contributed by atoms with E-state index in [-0.39, 0.29) is 11.7 Å². The van der Waals surface area contributed by atoms with Crippen molar-refractivity contribution in [2.24, 2.45) is 0 Å². The Labute approximate surface area is 134 Å². The van der Waals surface area contributed by atoms with E-state index in [9.17, 15) is 9.00 Å². The molecule has 1 unspecified atom stereocenters. The molecule has 2 aromatic carbocycles. The van der Waals surface area contributed by atoms with E-state index in [1.807, 2.05) is 62.4 Å². The predicted octanol–water partition coefficient (Wildman–Crippen LogP) is 2.87. The van der Waals surface area contributed by atoms with E-state index >= 15 is 0 Å². The minimum atomic E-state index is -1.19. The van der Waals surface area contributed by atoms with Gasteiger partial charge >= 0.3 is 0 Å². The van der Waals surface area contributed by atoms with Crippen molar-refractivity contribution in [2.75, 3.05) is 5.75 Å². The van der Waals surface area contributed by atoms with Crippen molar-refractivity contribution in [2.45, 2.75) is 26.1 Å². The Morgan fingerprint density at radius 2 is 1.82 bits per heavy atom. The second-order valence-electron chi connectivity index (χ2n) is 5.42. The van der Waals surface area contributed by atoms with Crippen molar-refractivity contribution in [1.29, 1.82) is 0 Å². The second-order valence-corrected chi connectivity index (χ2v) is 6.88. The first kappa shape index (κ1) is 16.4. The maximum Gasteiger partial charge on any atom is 0.232 e. The molecule has 0 radical (unpaired) electrons. The third-order valence-corrected chi connectivity index (χ3v) is 4.66. The van der Waals surface area contributed by atoms with Crippen molar-refractivity contribution in [3.8, 4) is 0 Å². The number of aryl methyl sites for hydroxylation is 2. The molecule has 2 aromatic rings. The minimum Gasteiger partial charge on any atom is -0.351 e. The van der Waals surface area contributed by atoms with Gasteiger partial charge in [0.1, 0.15) is 5.75 Å². The molecule has 0 aliphatic carbocycles. The van der Waals surface area contributed by atoms with Crippen LogP contribution >= 0.6 is 0 Å². The van der Waals surface area contributed by atoms with Gasteiger partial charge in [0.15, 0.2) is 0 Å². The van der Waals surface area contributed by atoms with Crippen molar-refractivity contribution < 1.29 is 9.00 Å². The molecule has 0 fully saturated rings. The van der Waals surface area contributed by atoms with Gasteiger partial charge in [-0.15, -0.1) is 0 Å². The average molecular weight is 315 g/mol. The topological polar surface area (TPSA) is 46.2 Å². The lowest BCUT2D eigenvalue weighted by Gasteiger charge is -2.08. The molecule has 0 saturated heterocycles. The zero-order valence-corrected chi connectivity index (χ0v) is 13.8. The smallest absolute Gasteiger partial charge is 0.232 e. The first-order valence-electron chi connectivity index (χ1n) is 7.26. The van der Waals surface area contributed by atoms with Crippen LogP contribution in [0.15, 0.2) is 48.5 Å². The van der Waals surface area contributed by atoms with Crippen LogP contribution in [0.4, 0.5) is 0 Å². The molecule has 116 valence electrons. The van der Waals surface area contributed by atoms with Crippen LogP contribution in [0.25, 0.3) is 0 Å². The normalized spacial score (nSPS) is 11.9. The van der Waals surface area contributed by atoms with Crippen LogP contribution in [-0.4, -0.2) is 15.9 Å². The number of rotatable bonds is 6. The van der Waals surface area contributed by atoms with Gasteiger partial charge in [0.25, 0.3) is 0 Å². The fourth-order valence-electron chi connectivity index (χ4n) is 2.17. The fourth-order valence-corrected chi connectivity index (χ4v) is 3.33. The van der Waals surface area contributed by atoms with E-state index in [0.29, 0.717) is 12.3 Å². The Morgan fingerprint density at radius 3 is 2.55 bits per heavy atom. The summed E-state index contributed by atoms with van der Waals surface area (Å²) < 4.78 is 12.1. The monoisotopic (exact) mass is 315 g/mol. The fraction of sp³-hybridized carbons (Fsp3) is 0.278. The van der Waals surface area contributed by atoms with Gasteiger partial charge in [0, 0.05) is 23.1 Å². The first-order valence-corrected chi connectivity index (χ1v) is 8.75. The van der Waals surface area contributed by atoms with Gasteiger partial charge in [-0.3, -0.25) is 9.00 Å². The van der Waals surface area contributed by atoms with Gasteiger partial charge in [-0.2, -0.15) is 0 Å². The SMILES string of the molecule is Cc1ccc(C)c(CS(=O)CC(=O)NCc2ccccc2)c1. The molecule has 1 amide bonds. The van der Waals surface area contributed by atoms with E-state index in [2.05, 4.69) is 5.32 Å². The molecule has 0 saturated carbocycles. The van der Waals surface area contributed by atoms with Crippen LogP contribution in [0, 0.1) is 13.8 Å². The molecule has 1 N–H and O–H groups in total. The third-order valence-electron chi connectivity index (χ3n) is 3.45. The summed E-state index contributed by atoms with van der Waals surface area (Å²) in [7, 11) is -1.19. The lowest BCUT2D eigenvalue weighted by molar-refractivity contribution is -0.118. The molecule has 0 bridgehead atoms. The lowest BCUT2D eigenvalue weighted by Crippen LogP contribution is -2.28. The molecule has 0 heterocycles. The Balaban J connectivity index is 1.84. The Hall–Kier alpha value is -1.94. The number of benzene rings is 2. The van der Waals surface area contributed by atoms with Crippen LogP contribution in [0.3, 0.4) is 0 Å². The van der Waals surface area contributed by atoms with Crippen LogP contribution in [0.5, 0.6) is 0 Å². The maximum atomic E-state index is 12.1. The summed E-state index contributed by atoms with van der Waals surface area (Å²) in [5, 5.41) is 2.81. The van der Waals surface area contributed by atoms with Gasteiger partial charge in [0.2, 0.25) is 5.91 Å². The summed E-state index contributed by atoms with van der Waals surface area (Å²) in [6.07, 6.45) is 0. The highest BCUT2D eigenvalue weighted by molar-refractivity contribution is 7.84. The van der Waals surface area contributed by atoms with Crippen molar-refractivity contribution in [3.05, 3.63) is 70.8 Å². The van der Waals surface area contributed by atoms with E-state index < -0.39 is 10.8 Å². The molecule has 0 aromatic heterocycles. The lowest BCUT2D eigenvalue weighted by atomic mass is 10.1.